The van der Waals surface area contributed by atoms with E-state index in [4.69, 9.17) is 5.11 Å². The van der Waals surface area contributed by atoms with Crippen molar-refractivity contribution in [2.75, 3.05) is 0 Å². The molecule has 0 spiro atoms. The monoisotopic (exact) mass is 271 g/mol. The molecule has 3 N–H and O–H groups in total. The van der Waals surface area contributed by atoms with Gasteiger partial charge < -0.3 is 10.1 Å². The normalized spacial score (nSPS) is 11.9. The maximum absolute atomic E-state index is 11.9. The van der Waals surface area contributed by atoms with Gasteiger partial charge in [-0.3, -0.25) is 4.68 Å². The van der Waals surface area contributed by atoms with Crippen LogP contribution >= 0.6 is 0 Å². The number of nitrogens with zero attached hydrogens (tertiary/aromatic N) is 3. The Labute approximate surface area is 104 Å². The zero-order chi connectivity index (χ0) is 13.2. The summed E-state index contributed by atoms with van der Waals surface area (Å²) in [6, 6.07) is 1.37. The highest BCUT2D eigenvalue weighted by molar-refractivity contribution is 7.89. The zero-order valence-electron chi connectivity index (χ0n) is 9.66. The quantitative estimate of drug-likeness (QED) is 0.653. The van der Waals surface area contributed by atoms with E-state index in [9.17, 15) is 8.42 Å². The molecule has 8 nitrogen and oxygen atoms in total. The Morgan fingerprint density at radius 2 is 2.33 bits per heavy atom. The fraction of sp³-hybridized carbons (Fsp3) is 0.333. The summed E-state index contributed by atoms with van der Waals surface area (Å²) < 4.78 is 27.6. The van der Waals surface area contributed by atoms with Crippen LogP contribution in [0.3, 0.4) is 0 Å². The number of hydrogen-bond acceptors (Lipinski definition) is 5. The standard InChI is InChI=1S/C9H13N5O3S/c1-14-6-11-9(13-14)4-12-18(16,17)8-2-7(5-15)10-3-8/h2-3,6,10,12,15H,4-5H2,1H3. The first kappa shape index (κ1) is 12.7. The van der Waals surface area contributed by atoms with Crippen LogP contribution in [0, 0.1) is 0 Å². The predicted molar refractivity (Wildman–Crippen MR) is 61.7 cm³/mol. The summed E-state index contributed by atoms with van der Waals surface area (Å²) in [6.07, 6.45) is 2.81. The van der Waals surface area contributed by atoms with Gasteiger partial charge >= 0.3 is 0 Å². The molecule has 9 heteroatoms. The number of sulfonamides is 1. The second-order valence-corrected chi connectivity index (χ2v) is 5.44. The van der Waals surface area contributed by atoms with Gasteiger partial charge in [0.15, 0.2) is 5.82 Å². The number of nitrogens with one attached hydrogen (secondary N) is 2. The van der Waals surface area contributed by atoms with Crippen molar-refractivity contribution >= 4 is 10.0 Å². The Morgan fingerprint density at radius 1 is 1.56 bits per heavy atom. The molecule has 0 aliphatic carbocycles. The molecule has 2 heterocycles. The Bertz CT molecular complexity index is 630. The summed E-state index contributed by atoms with van der Waals surface area (Å²) in [7, 11) is -1.92. The number of hydrogen-bond donors (Lipinski definition) is 3. The number of H-pyrrole nitrogens is 1. The van der Waals surface area contributed by atoms with Crippen molar-refractivity contribution in [1.82, 2.24) is 24.5 Å². The van der Waals surface area contributed by atoms with Crippen LogP contribution in [-0.4, -0.2) is 33.3 Å². The first-order chi connectivity index (χ1) is 8.51. The molecule has 0 saturated heterocycles. The van der Waals surface area contributed by atoms with Crippen LogP contribution in [0.1, 0.15) is 11.5 Å². The van der Waals surface area contributed by atoms with Gasteiger partial charge in [-0.1, -0.05) is 0 Å². The fourth-order valence-electron chi connectivity index (χ4n) is 1.37. The highest BCUT2D eigenvalue weighted by Crippen LogP contribution is 2.10. The van der Waals surface area contributed by atoms with Gasteiger partial charge in [-0.05, 0) is 6.07 Å². The van der Waals surface area contributed by atoms with Crippen LogP contribution in [-0.2, 0) is 30.2 Å². The maximum atomic E-state index is 11.9. The van der Waals surface area contributed by atoms with E-state index in [1.54, 1.807) is 7.05 Å². The summed E-state index contributed by atoms with van der Waals surface area (Å²) in [4.78, 5) is 6.64. The minimum Gasteiger partial charge on any atom is -0.390 e. The lowest BCUT2D eigenvalue weighted by atomic mass is 10.5. The predicted octanol–water partition coefficient (Wildman–Crippen LogP) is -0.886. The molecule has 98 valence electrons. The summed E-state index contributed by atoms with van der Waals surface area (Å²) in [6.45, 7) is -0.222. The van der Waals surface area contributed by atoms with Crippen molar-refractivity contribution in [1.29, 1.82) is 0 Å². The Hall–Kier alpha value is -1.71. The smallest absolute Gasteiger partial charge is 0.242 e. The third kappa shape index (κ3) is 2.75. The summed E-state index contributed by atoms with van der Waals surface area (Å²) in [5.74, 6) is 0.388. The minimum absolute atomic E-state index is 0.0167. The highest BCUT2D eigenvalue weighted by Gasteiger charge is 2.16. The number of aromatic nitrogens is 4. The number of aliphatic hydroxyl groups is 1. The third-order valence-electron chi connectivity index (χ3n) is 2.26. The lowest BCUT2D eigenvalue weighted by Gasteiger charge is -2.01. The first-order valence-electron chi connectivity index (χ1n) is 5.13. The molecule has 0 amide bonds. The van der Waals surface area contributed by atoms with Crippen LogP contribution in [0.15, 0.2) is 23.5 Å². The Kier molecular flexibility index (Phi) is 3.45. The first-order valence-corrected chi connectivity index (χ1v) is 6.62. The molecule has 0 aliphatic heterocycles. The topological polar surface area (TPSA) is 113 Å². The van der Waals surface area contributed by atoms with Crippen LogP contribution in [0.5, 0.6) is 0 Å². The van der Waals surface area contributed by atoms with E-state index in [1.807, 2.05) is 0 Å². The lowest BCUT2D eigenvalue weighted by molar-refractivity contribution is 0.277. The van der Waals surface area contributed by atoms with Crippen LogP contribution in [0.25, 0.3) is 0 Å². The minimum atomic E-state index is -3.62. The average molecular weight is 271 g/mol. The van der Waals surface area contributed by atoms with Crippen molar-refractivity contribution in [3.05, 3.63) is 30.1 Å². The Morgan fingerprint density at radius 3 is 2.89 bits per heavy atom. The largest absolute Gasteiger partial charge is 0.390 e. The van der Waals surface area contributed by atoms with E-state index in [1.165, 1.54) is 23.3 Å². The van der Waals surface area contributed by atoms with Gasteiger partial charge in [-0.25, -0.2) is 18.1 Å². The van der Waals surface area contributed by atoms with Gasteiger partial charge in [-0.15, -0.1) is 0 Å². The third-order valence-corrected chi connectivity index (χ3v) is 3.64. The van der Waals surface area contributed by atoms with Gasteiger partial charge in [0, 0.05) is 18.9 Å². The van der Waals surface area contributed by atoms with E-state index in [-0.39, 0.29) is 18.0 Å². The maximum Gasteiger partial charge on any atom is 0.242 e. The second kappa shape index (κ2) is 4.88. The van der Waals surface area contributed by atoms with E-state index in [2.05, 4.69) is 19.8 Å². The van der Waals surface area contributed by atoms with Crippen molar-refractivity contribution in [3.63, 3.8) is 0 Å². The van der Waals surface area contributed by atoms with Crippen molar-refractivity contribution < 1.29 is 13.5 Å². The van der Waals surface area contributed by atoms with Crippen LogP contribution in [0.2, 0.25) is 0 Å². The van der Waals surface area contributed by atoms with Gasteiger partial charge in [0.2, 0.25) is 10.0 Å². The average Bonchev–Trinajstić information content (AvgIpc) is 2.95. The summed E-state index contributed by atoms with van der Waals surface area (Å²) in [5.41, 5.74) is 0.436. The second-order valence-electron chi connectivity index (χ2n) is 3.68. The number of aliphatic hydroxyl groups excluding tert-OH is 1. The molecule has 2 aromatic rings. The van der Waals surface area contributed by atoms with E-state index >= 15 is 0 Å². The van der Waals surface area contributed by atoms with E-state index in [0.29, 0.717) is 11.5 Å². The molecule has 0 atom stereocenters. The molecular weight excluding hydrogens is 258 g/mol. The molecule has 0 aromatic carbocycles. The molecule has 0 saturated carbocycles. The van der Waals surface area contributed by atoms with E-state index < -0.39 is 10.0 Å². The number of aryl methyl sites for hydroxylation is 1. The fourth-order valence-corrected chi connectivity index (χ4v) is 2.37. The molecule has 2 rings (SSSR count). The molecular formula is C9H13N5O3S. The van der Waals surface area contributed by atoms with Gasteiger partial charge in [0.05, 0.1) is 18.0 Å². The molecule has 18 heavy (non-hydrogen) atoms. The molecule has 0 unspecified atom stereocenters. The molecule has 0 fully saturated rings. The SMILES string of the molecule is Cn1cnc(CNS(=O)(=O)c2c[nH]c(CO)c2)n1. The molecule has 2 aromatic heterocycles. The Balaban J connectivity index is 2.07. The van der Waals surface area contributed by atoms with Crippen LogP contribution in [0.4, 0.5) is 0 Å². The van der Waals surface area contributed by atoms with Crippen molar-refractivity contribution in [2.24, 2.45) is 7.05 Å². The molecule has 0 aliphatic rings. The van der Waals surface area contributed by atoms with E-state index in [0.717, 1.165) is 0 Å². The van der Waals surface area contributed by atoms with Gasteiger partial charge in [0.1, 0.15) is 6.33 Å². The highest BCUT2D eigenvalue weighted by atomic mass is 32.2. The van der Waals surface area contributed by atoms with Crippen molar-refractivity contribution in [3.8, 4) is 0 Å². The van der Waals surface area contributed by atoms with Gasteiger partial charge in [-0.2, -0.15) is 5.10 Å². The lowest BCUT2D eigenvalue weighted by Crippen LogP contribution is -2.23. The number of rotatable bonds is 5. The van der Waals surface area contributed by atoms with Crippen molar-refractivity contribution in [2.45, 2.75) is 18.0 Å². The molecule has 0 radical (unpaired) electrons. The van der Waals surface area contributed by atoms with Gasteiger partial charge in [0.25, 0.3) is 0 Å². The summed E-state index contributed by atoms with van der Waals surface area (Å²) in [5, 5.41) is 12.8. The number of aromatic amines is 1. The zero-order valence-corrected chi connectivity index (χ0v) is 10.5. The van der Waals surface area contributed by atoms with Crippen LogP contribution < -0.4 is 4.72 Å². The summed E-state index contributed by atoms with van der Waals surface area (Å²) >= 11 is 0. The molecule has 0 bridgehead atoms.